The number of benzene rings is 1. The molecule has 1 saturated heterocycles. The second-order valence-corrected chi connectivity index (χ2v) is 7.61. The van der Waals surface area contributed by atoms with Gasteiger partial charge in [0.2, 0.25) is 0 Å². The Morgan fingerprint density at radius 1 is 1.23 bits per heavy atom. The number of pyridine rings is 1. The van der Waals surface area contributed by atoms with Crippen molar-refractivity contribution in [3.8, 4) is 11.1 Å². The molecule has 9 nitrogen and oxygen atoms in total. The number of nitrogens with one attached hydrogen (secondary N) is 2. The van der Waals surface area contributed by atoms with E-state index in [0.29, 0.717) is 35.8 Å². The number of H-pyrrole nitrogens is 1. The van der Waals surface area contributed by atoms with Crippen molar-refractivity contribution in [3.05, 3.63) is 64.4 Å². The summed E-state index contributed by atoms with van der Waals surface area (Å²) in [6, 6.07) is 9.00. The number of ether oxygens (including phenoxy) is 1. The number of fused-ring (bicyclic) bond motifs is 1. The Labute approximate surface area is 177 Å². The van der Waals surface area contributed by atoms with Crippen LogP contribution in [0.5, 0.6) is 0 Å². The maximum atomic E-state index is 12.6. The summed E-state index contributed by atoms with van der Waals surface area (Å²) in [6.45, 7) is 3.25. The normalized spacial score (nSPS) is 14.7. The van der Waals surface area contributed by atoms with Crippen LogP contribution in [-0.4, -0.2) is 38.8 Å². The van der Waals surface area contributed by atoms with Gasteiger partial charge in [-0.15, -0.1) is 0 Å². The monoisotopic (exact) mass is 419 g/mol. The highest BCUT2D eigenvalue weighted by Gasteiger charge is 2.21. The van der Waals surface area contributed by atoms with Crippen LogP contribution in [0, 0.1) is 6.92 Å². The van der Waals surface area contributed by atoms with E-state index >= 15 is 0 Å². The second kappa shape index (κ2) is 7.84. The molecule has 9 heteroatoms. The van der Waals surface area contributed by atoms with Crippen LogP contribution >= 0.6 is 0 Å². The average molecular weight is 419 g/mol. The van der Waals surface area contributed by atoms with Gasteiger partial charge >= 0.3 is 5.69 Å². The highest BCUT2D eigenvalue weighted by Crippen LogP contribution is 2.28. The van der Waals surface area contributed by atoms with Gasteiger partial charge in [0.1, 0.15) is 6.26 Å². The number of imidazole rings is 1. The van der Waals surface area contributed by atoms with Gasteiger partial charge in [-0.2, -0.15) is 0 Å². The first kappa shape index (κ1) is 19.3. The van der Waals surface area contributed by atoms with Gasteiger partial charge in [0, 0.05) is 42.6 Å². The van der Waals surface area contributed by atoms with Crippen LogP contribution in [0.15, 0.2) is 52.1 Å². The van der Waals surface area contributed by atoms with E-state index in [9.17, 15) is 9.59 Å². The summed E-state index contributed by atoms with van der Waals surface area (Å²) in [6.07, 6.45) is 4.72. The number of aromatic nitrogens is 4. The SMILES string of the molecule is Cc1ccc(C(=O)Nc2ccon2)cc1-c1cnc2c(c1)[nH]c(=O)n2C1CCOCC1. The zero-order valence-corrected chi connectivity index (χ0v) is 16.9. The van der Waals surface area contributed by atoms with Gasteiger partial charge in [0.25, 0.3) is 5.91 Å². The van der Waals surface area contributed by atoms with Crippen molar-refractivity contribution in [3.63, 3.8) is 0 Å². The van der Waals surface area contributed by atoms with E-state index in [1.807, 2.05) is 19.1 Å². The molecule has 0 aliphatic carbocycles. The van der Waals surface area contributed by atoms with E-state index in [2.05, 4.69) is 20.4 Å². The molecule has 158 valence electrons. The summed E-state index contributed by atoms with van der Waals surface area (Å²) in [7, 11) is 0. The molecule has 2 N–H and O–H groups in total. The van der Waals surface area contributed by atoms with E-state index in [0.717, 1.165) is 29.5 Å². The van der Waals surface area contributed by atoms with Gasteiger partial charge in [-0.3, -0.25) is 9.36 Å². The molecular weight excluding hydrogens is 398 g/mol. The Bertz CT molecular complexity index is 1300. The number of aromatic amines is 1. The molecule has 31 heavy (non-hydrogen) atoms. The molecule has 4 heterocycles. The minimum Gasteiger partial charge on any atom is -0.381 e. The van der Waals surface area contributed by atoms with Crippen LogP contribution in [0.2, 0.25) is 0 Å². The van der Waals surface area contributed by atoms with Crippen LogP contribution in [0.3, 0.4) is 0 Å². The van der Waals surface area contributed by atoms with Crippen LogP contribution in [-0.2, 0) is 4.74 Å². The number of nitrogens with zero attached hydrogens (tertiary/aromatic N) is 3. The number of carbonyl (C=O) groups is 1. The summed E-state index contributed by atoms with van der Waals surface area (Å²) < 4.78 is 11.9. The van der Waals surface area contributed by atoms with Crippen molar-refractivity contribution in [2.45, 2.75) is 25.8 Å². The fourth-order valence-electron chi connectivity index (χ4n) is 3.98. The number of amides is 1. The third kappa shape index (κ3) is 3.64. The molecule has 0 bridgehead atoms. The summed E-state index contributed by atoms with van der Waals surface area (Å²) in [5.41, 5.74) is 4.30. The predicted molar refractivity (Wildman–Crippen MR) is 114 cm³/mol. The van der Waals surface area contributed by atoms with Crippen molar-refractivity contribution >= 4 is 22.9 Å². The van der Waals surface area contributed by atoms with Crippen molar-refractivity contribution in [1.82, 2.24) is 19.7 Å². The van der Waals surface area contributed by atoms with Crippen molar-refractivity contribution < 1.29 is 14.1 Å². The van der Waals surface area contributed by atoms with E-state index in [1.54, 1.807) is 29.0 Å². The van der Waals surface area contributed by atoms with Crippen LogP contribution in [0.4, 0.5) is 5.82 Å². The largest absolute Gasteiger partial charge is 0.381 e. The molecule has 5 rings (SSSR count). The van der Waals surface area contributed by atoms with Gasteiger partial charge in [0.15, 0.2) is 11.5 Å². The summed E-state index contributed by atoms with van der Waals surface area (Å²) in [5, 5.41) is 6.39. The Morgan fingerprint density at radius 3 is 2.84 bits per heavy atom. The van der Waals surface area contributed by atoms with Gasteiger partial charge in [0.05, 0.1) is 5.52 Å². The van der Waals surface area contributed by atoms with Crippen LogP contribution in [0.1, 0.15) is 34.8 Å². The Hall–Kier alpha value is -3.72. The molecule has 1 aromatic carbocycles. The lowest BCUT2D eigenvalue weighted by atomic mass is 9.99. The Kier molecular flexibility index (Phi) is 4.87. The number of hydrogen-bond donors (Lipinski definition) is 2. The minimum absolute atomic E-state index is 0.0821. The molecule has 0 spiro atoms. The first-order valence-corrected chi connectivity index (χ1v) is 10.1. The number of anilines is 1. The van der Waals surface area contributed by atoms with Crippen LogP contribution < -0.4 is 11.0 Å². The molecule has 0 saturated carbocycles. The lowest BCUT2D eigenvalue weighted by molar-refractivity contribution is 0.0697. The first-order valence-electron chi connectivity index (χ1n) is 10.1. The second-order valence-electron chi connectivity index (χ2n) is 7.61. The predicted octanol–water partition coefficient (Wildman–Crippen LogP) is 3.29. The standard InChI is InChI=1S/C22H21N5O4/c1-13-2-3-14(21(28)25-19-6-9-31-26-19)10-17(13)15-11-18-20(23-12-15)27(22(29)24-18)16-4-7-30-8-5-16/h2-3,6,9-12,16H,4-5,7-8H2,1H3,(H,24,29)(H,25,26,28). The Morgan fingerprint density at radius 2 is 2.06 bits per heavy atom. The average Bonchev–Trinajstić information content (AvgIpc) is 3.40. The first-order chi connectivity index (χ1) is 15.1. The van der Waals surface area contributed by atoms with E-state index in [4.69, 9.17) is 9.26 Å². The molecule has 1 aliphatic rings. The summed E-state index contributed by atoms with van der Waals surface area (Å²) in [5.74, 6) is 0.0607. The molecule has 0 atom stereocenters. The number of rotatable bonds is 4. The highest BCUT2D eigenvalue weighted by atomic mass is 16.5. The fourth-order valence-corrected chi connectivity index (χ4v) is 3.98. The molecule has 1 fully saturated rings. The van der Waals surface area contributed by atoms with E-state index < -0.39 is 0 Å². The quantitative estimate of drug-likeness (QED) is 0.525. The zero-order chi connectivity index (χ0) is 21.4. The molecule has 1 amide bonds. The molecule has 4 aromatic rings. The van der Waals surface area contributed by atoms with Gasteiger partial charge in [-0.1, -0.05) is 11.2 Å². The number of carbonyl (C=O) groups excluding carboxylic acids is 1. The molecule has 1 aliphatic heterocycles. The third-order valence-corrected chi connectivity index (χ3v) is 5.60. The topological polar surface area (TPSA) is 115 Å². The lowest BCUT2D eigenvalue weighted by Crippen LogP contribution is -2.27. The maximum absolute atomic E-state index is 12.6. The smallest absolute Gasteiger partial charge is 0.327 e. The van der Waals surface area contributed by atoms with Crippen molar-refractivity contribution in [2.24, 2.45) is 0 Å². The Balaban J connectivity index is 1.50. The zero-order valence-electron chi connectivity index (χ0n) is 16.9. The highest BCUT2D eigenvalue weighted by molar-refractivity contribution is 6.04. The van der Waals surface area contributed by atoms with Crippen LogP contribution in [0.25, 0.3) is 22.3 Å². The van der Waals surface area contributed by atoms with Gasteiger partial charge < -0.3 is 19.6 Å². The van der Waals surface area contributed by atoms with E-state index in [1.165, 1.54) is 6.26 Å². The molecule has 0 unspecified atom stereocenters. The summed E-state index contributed by atoms with van der Waals surface area (Å²) in [4.78, 5) is 32.7. The molecule has 3 aromatic heterocycles. The number of aryl methyl sites for hydroxylation is 1. The van der Waals surface area contributed by atoms with Gasteiger partial charge in [-0.05, 0) is 49.1 Å². The lowest BCUT2D eigenvalue weighted by Gasteiger charge is -2.22. The van der Waals surface area contributed by atoms with E-state index in [-0.39, 0.29) is 17.6 Å². The minimum atomic E-state index is -0.289. The van der Waals surface area contributed by atoms with Gasteiger partial charge in [-0.25, -0.2) is 9.78 Å². The fraction of sp³-hybridized carbons (Fsp3) is 0.273. The van der Waals surface area contributed by atoms with Crippen molar-refractivity contribution in [2.75, 3.05) is 18.5 Å². The molecular formula is C22H21N5O4. The summed E-state index contributed by atoms with van der Waals surface area (Å²) >= 11 is 0. The third-order valence-electron chi connectivity index (χ3n) is 5.60. The maximum Gasteiger partial charge on any atom is 0.327 e. The van der Waals surface area contributed by atoms with Crippen molar-refractivity contribution in [1.29, 1.82) is 0 Å². The number of hydrogen-bond acceptors (Lipinski definition) is 6. The molecule has 0 radical (unpaired) electrons.